The van der Waals surface area contributed by atoms with E-state index in [1.807, 2.05) is 0 Å². The summed E-state index contributed by atoms with van der Waals surface area (Å²) in [5.74, 6) is -1.22. The van der Waals surface area contributed by atoms with Gasteiger partial charge in [0.1, 0.15) is 29.2 Å². The van der Waals surface area contributed by atoms with Crippen molar-refractivity contribution in [2.24, 2.45) is 0 Å². The van der Waals surface area contributed by atoms with Gasteiger partial charge in [0.15, 0.2) is 0 Å². The van der Waals surface area contributed by atoms with Crippen molar-refractivity contribution in [3.8, 4) is 18.1 Å². The van der Waals surface area contributed by atoms with Crippen LogP contribution in [-0.2, 0) is 44.6 Å². The third-order valence-electron chi connectivity index (χ3n) is 6.42. The first kappa shape index (κ1) is 43.8. The van der Waals surface area contributed by atoms with E-state index in [4.69, 9.17) is 25.4 Å². The van der Waals surface area contributed by atoms with Gasteiger partial charge in [-0.05, 0) is 86.4 Å². The Hall–Kier alpha value is -4.19. The van der Waals surface area contributed by atoms with Gasteiger partial charge in [-0.2, -0.15) is 0 Å². The normalized spacial score (nSPS) is 12.7. The molecule has 1 rings (SSSR count). The molecule has 1 aromatic rings. The molecule has 0 amide bonds. The Morgan fingerprint density at radius 3 is 1.56 bits per heavy atom. The average molecular weight is 706 g/mol. The largest absolute Gasteiger partial charge is 0.481 e. The topological polar surface area (TPSA) is 172 Å². The Morgan fingerprint density at radius 1 is 0.680 bits per heavy atom. The highest BCUT2D eigenvalue weighted by Crippen LogP contribution is 2.18. The molecule has 14 nitrogen and oxygen atoms in total. The predicted octanol–water partition coefficient (Wildman–Crippen LogP) is 2.71. The Morgan fingerprint density at radius 2 is 1.12 bits per heavy atom. The number of carbonyl (C=O) groups excluding carboxylic acids is 3. The van der Waals surface area contributed by atoms with Crippen LogP contribution in [0.25, 0.3) is 0 Å². The van der Waals surface area contributed by atoms with Crippen LogP contribution in [-0.4, -0.2) is 137 Å². The summed E-state index contributed by atoms with van der Waals surface area (Å²) in [6.45, 7) is 13.6. The Balaban J connectivity index is 3.59. The molecular weight excluding hydrogens is 650 g/mol. The van der Waals surface area contributed by atoms with Gasteiger partial charge in [-0.25, -0.2) is 0 Å². The number of carbonyl (C=O) groups is 5. The van der Waals surface area contributed by atoms with Gasteiger partial charge >= 0.3 is 29.8 Å². The van der Waals surface area contributed by atoms with Gasteiger partial charge in [0, 0.05) is 25.7 Å². The van der Waals surface area contributed by atoms with Gasteiger partial charge in [0.25, 0.3) is 0 Å². The lowest BCUT2D eigenvalue weighted by atomic mass is 10.0. The number of carboxylic acids is 2. The van der Waals surface area contributed by atoms with Gasteiger partial charge in [0.05, 0.1) is 32.7 Å². The number of nitrogens with zero attached hydrogens (tertiary/aromatic N) is 3. The number of esters is 3. The average Bonchev–Trinajstić information content (AvgIpc) is 2.90. The molecule has 0 saturated heterocycles. The molecule has 280 valence electrons. The van der Waals surface area contributed by atoms with Crippen molar-refractivity contribution in [1.82, 2.24) is 14.7 Å². The maximum atomic E-state index is 13.3. The lowest BCUT2D eigenvalue weighted by Gasteiger charge is -2.36. The van der Waals surface area contributed by atoms with E-state index < -0.39 is 65.8 Å². The number of aliphatic carboxylic acids is 2. The number of benzene rings is 1. The van der Waals surface area contributed by atoms with Crippen molar-refractivity contribution in [2.75, 3.05) is 59.0 Å². The van der Waals surface area contributed by atoms with Crippen molar-refractivity contribution in [3.05, 3.63) is 29.8 Å². The van der Waals surface area contributed by atoms with Crippen LogP contribution in [0.5, 0.6) is 5.75 Å². The fourth-order valence-electron chi connectivity index (χ4n) is 4.82. The summed E-state index contributed by atoms with van der Waals surface area (Å²) in [5, 5.41) is 19.4. The molecule has 14 heteroatoms. The van der Waals surface area contributed by atoms with Crippen LogP contribution in [0.1, 0.15) is 67.9 Å². The molecule has 0 aliphatic rings. The van der Waals surface area contributed by atoms with Crippen LogP contribution in [0.2, 0.25) is 0 Å². The molecule has 0 aromatic heterocycles. The lowest BCUT2D eigenvalue weighted by molar-refractivity contribution is -0.159. The zero-order valence-corrected chi connectivity index (χ0v) is 30.9. The molecule has 0 fully saturated rings. The van der Waals surface area contributed by atoms with Gasteiger partial charge in [-0.3, -0.25) is 38.7 Å². The molecule has 1 aromatic carbocycles. The minimum absolute atomic E-state index is 0.00528. The molecule has 0 radical (unpaired) electrons. The first-order valence-electron chi connectivity index (χ1n) is 16.4. The molecule has 0 aliphatic carbocycles. The quantitative estimate of drug-likeness (QED) is 0.115. The highest BCUT2D eigenvalue weighted by atomic mass is 16.6. The van der Waals surface area contributed by atoms with Gasteiger partial charge < -0.3 is 29.2 Å². The number of carboxylic acid groups (broad SMARTS) is 2. The van der Waals surface area contributed by atoms with Crippen molar-refractivity contribution in [3.63, 3.8) is 0 Å². The second-order valence-electron chi connectivity index (χ2n) is 14.9. The van der Waals surface area contributed by atoms with Crippen LogP contribution in [0, 0.1) is 12.3 Å². The minimum Gasteiger partial charge on any atom is -0.481 e. The van der Waals surface area contributed by atoms with E-state index in [0.717, 1.165) is 5.56 Å². The fraction of sp³-hybridized carbons (Fsp3) is 0.639. The van der Waals surface area contributed by atoms with Gasteiger partial charge in [-0.15, -0.1) is 6.42 Å². The van der Waals surface area contributed by atoms with Crippen molar-refractivity contribution < 1.29 is 53.1 Å². The van der Waals surface area contributed by atoms with E-state index in [9.17, 15) is 34.2 Å². The van der Waals surface area contributed by atoms with E-state index in [1.54, 1.807) is 91.5 Å². The van der Waals surface area contributed by atoms with Crippen molar-refractivity contribution in [1.29, 1.82) is 0 Å². The maximum absolute atomic E-state index is 13.3. The predicted molar refractivity (Wildman–Crippen MR) is 186 cm³/mol. The summed E-state index contributed by atoms with van der Waals surface area (Å²) in [7, 11) is 0. The second kappa shape index (κ2) is 19.9. The molecule has 0 bridgehead atoms. The standard InChI is InChI=1S/C36H55N3O11/c1-11-18-47-28-14-12-26(13-15-28)19-27(20-38(22-30(42)43)24-32(45)49-35(5,6)7)39(25-33(46)50-36(8,9)10)17-16-37(21-29(40)41)23-31(44)48-34(2,3)4/h1,12-15,27H,16-25H2,2-10H3,(H,40,41)(H,42,43). The second-order valence-corrected chi connectivity index (χ2v) is 14.9. The summed E-state index contributed by atoms with van der Waals surface area (Å²) in [6.07, 6.45) is 5.57. The van der Waals surface area contributed by atoms with E-state index in [-0.39, 0.29) is 52.3 Å². The number of ether oxygens (including phenoxy) is 4. The van der Waals surface area contributed by atoms with Crippen molar-refractivity contribution >= 4 is 29.8 Å². The summed E-state index contributed by atoms with van der Waals surface area (Å²) in [6, 6.07) is 6.45. The maximum Gasteiger partial charge on any atom is 0.320 e. The number of hydrogen-bond acceptors (Lipinski definition) is 12. The number of terminal acetylenes is 1. The first-order chi connectivity index (χ1) is 22.9. The van der Waals surface area contributed by atoms with Crippen LogP contribution in [0.3, 0.4) is 0 Å². The van der Waals surface area contributed by atoms with Gasteiger partial charge in [0.2, 0.25) is 0 Å². The third kappa shape index (κ3) is 21.0. The van der Waals surface area contributed by atoms with E-state index in [0.29, 0.717) is 5.75 Å². The molecule has 0 spiro atoms. The van der Waals surface area contributed by atoms with Crippen LogP contribution in [0.15, 0.2) is 24.3 Å². The molecule has 0 heterocycles. The summed E-state index contributed by atoms with van der Waals surface area (Å²) < 4.78 is 22.0. The summed E-state index contributed by atoms with van der Waals surface area (Å²) in [5.41, 5.74) is -1.62. The SMILES string of the molecule is C#CCOc1ccc(CC(CN(CC(=O)O)CC(=O)OC(C)(C)C)N(CCN(CC(=O)O)CC(=O)OC(C)(C)C)CC(=O)OC(C)(C)C)cc1. The molecule has 1 unspecified atom stereocenters. The number of rotatable bonds is 20. The van der Waals surface area contributed by atoms with Crippen LogP contribution >= 0.6 is 0 Å². The van der Waals surface area contributed by atoms with E-state index in [2.05, 4.69) is 5.92 Å². The van der Waals surface area contributed by atoms with E-state index >= 15 is 0 Å². The smallest absolute Gasteiger partial charge is 0.320 e. The summed E-state index contributed by atoms with van der Waals surface area (Å²) in [4.78, 5) is 67.1. The molecule has 1 atom stereocenters. The first-order valence-corrected chi connectivity index (χ1v) is 16.4. The summed E-state index contributed by atoms with van der Waals surface area (Å²) >= 11 is 0. The van der Waals surface area contributed by atoms with E-state index in [1.165, 1.54) is 9.80 Å². The lowest BCUT2D eigenvalue weighted by Crippen LogP contribution is -2.52. The molecule has 2 N–H and O–H groups in total. The minimum atomic E-state index is -1.17. The highest BCUT2D eigenvalue weighted by molar-refractivity contribution is 5.75. The van der Waals surface area contributed by atoms with Crippen LogP contribution < -0.4 is 4.74 Å². The molecule has 50 heavy (non-hydrogen) atoms. The van der Waals surface area contributed by atoms with Gasteiger partial charge in [-0.1, -0.05) is 18.1 Å². The Labute approximate surface area is 296 Å². The Kier molecular flexibility index (Phi) is 17.4. The van der Waals surface area contributed by atoms with Crippen LogP contribution in [0.4, 0.5) is 0 Å². The zero-order chi connectivity index (χ0) is 38.3. The Bertz CT molecular complexity index is 1320. The molecular formula is C36H55N3O11. The monoisotopic (exact) mass is 705 g/mol. The third-order valence-corrected chi connectivity index (χ3v) is 6.42. The van der Waals surface area contributed by atoms with Crippen molar-refractivity contribution in [2.45, 2.75) is 91.6 Å². The highest BCUT2D eigenvalue weighted by Gasteiger charge is 2.30. The molecule has 0 saturated carbocycles. The molecule has 0 aliphatic heterocycles. The zero-order valence-electron chi connectivity index (χ0n) is 30.9. The number of hydrogen-bond donors (Lipinski definition) is 2. The fourth-order valence-corrected chi connectivity index (χ4v) is 4.82.